The molecule has 1 aliphatic rings. The topological polar surface area (TPSA) is 64.9 Å². The molecule has 4 nitrogen and oxygen atoms in total. The first kappa shape index (κ1) is 14.6. The van der Waals surface area contributed by atoms with E-state index < -0.39 is 0 Å². The molecule has 1 aliphatic carbocycles. The molecular weight excluding hydrogens is 282 g/mol. The van der Waals surface area contributed by atoms with Gasteiger partial charge in [-0.25, -0.2) is 0 Å². The van der Waals surface area contributed by atoms with Crippen LogP contribution in [0.3, 0.4) is 0 Å². The van der Waals surface area contributed by atoms with Crippen LogP contribution in [-0.2, 0) is 5.54 Å². The summed E-state index contributed by atoms with van der Waals surface area (Å²) in [6.07, 6.45) is 4.22. The molecule has 112 valence electrons. The molecule has 1 aromatic heterocycles. The van der Waals surface area contributed by atoms with Crippen LogP contribution in [-0.4, -0.2) is 15.9 Å². The SMILES string of the molecule is CC(CSc1ccccc1)c1nc(C2(N)CCCC2)no1. The Bertz CT molecular complexity index is 578. The lowest BCUT2D eigenvalue weighted by Crippen LogP contribution is -2.34. The maximum absolute atomic E-state index is 6.37. The molecule has 2 N–H and O–H groups in total. The number of aromatic nitrogens is 2. The molecule has 0 bridgehead atoms. The van der Waals surface area contributed by atoms with Gasteiger partial charge in [0.15, 0.2) is 5.82 Å². The Morgan fingerprint density at radius 3 is 2.71 bits per heavy atom. The molecule has 3 rings (SSSR count). The second-order valence-corrected chi connectivity index (χ2v) is 6.94. The van der Waals surface area contributed by atoms with E-state index in [9.17, 15) is 0 Å². The summed E-state index contributed by atoms with van der Waals surface area (Å²) in [5.41, 5.74) is 6.00. The van der Waals surface area contributed by atoms with Crippen LogP contribution in [0.4, 0.5) is 0 Å². The van der Waals surface area contributed by atoms with Crippen LogP contribution < -0.4 is 5.73 Å². The predicted octanol–water partition coefficient (Wildman–Crippen LogP) is 3.69. The lowest BCUT2D eigenvalue weighted by Gasteiger charge is -2.17. The lowest BCUT2D eigenvalue weighted by atomic mass is 9.98. The van der Waals surface area contributed by atoms with Gasteiger partial charge in [0.1, 0.15) is 0 Å². The van der Waals surface area contributed by atoms with Gasteiger partial charge in [0.2, 0.25) is 5.89 Å². The molecule has 1 atom stereocenters. The van der Waals surface area contributed by atoms with Crippen LogP contribution in [0, 0.1) is 0 Å². The number of rotatable bonds is 5. The van der Waals surface area contributed by atoms with Crippen LogP contribution in [0.25, 0.3) is 0 Å². The van der Waals surface area contributed by atoms with E-state index in [0.29, 0.717) is 11.7 Å². The van der Waals surface area contributed by atoms with Crippen LogP contribution in [0.1, 0.15) is 50.2 Å². The zero-order valence-corrected chi connectivity index (χ0v) is 13.1. The average molecular weight is 303 g/mol. The molecule has 0 aliphatic heterocycles. The van der Waals surface area contributed by atoms with Crippen molar-refractivity contribution >= 4 is 11.8 Å². The van der Waals surface area contributed by atoms with Crippen molar-refractivity contribution in [1.29, 1.82) is 0 Å². The molecular formula is C16H21N3OS. The molecule has 2 aromatic rings. The molecule has 5 heteroatoms. The van der Waals surface area contributed by atoms with Gasteiger partial charge < -0.3 is 10.3 Å². The van der Waals surface area contributed by atoms with Gasteiger partial charge in [-0.2, -0.15) is 4.98 Å². The Labute approximate surface area is 129 Å². The maximum Gasteiger partial charge on any atom is 0.230 e. The molecule has 21 heavy (non-hydrogen) atoms. The third-order valence-corrected chi connectivity index (χ3v) is 5.32. The van der Waals surface area contributed by atoms with E-state index in [1.165, 1.54) is 4.90 Å². The van der Waals surface area contributed by atoms with E-state index in [4.69, 9.17) is 10.3 Å². The molecule has 0 spiro atoms. The summed E-state index contributed by atoms with van der Waals surface area (Å²) in [6.45, 7) is 2.12. The van der Waals surface area contributed by atoms with E-state index in [0.717, 1.165) is 31.4 Å². The van der Waals surface area contributed by atoms with Gasteiger partial charge in [-0.3, -0.25) is 0 Å². The van der Waals surface area contributed by atoms with E-state index in [1.807, 2.05) is 6.07 Å². The van der Waals surface area contributed by atoms with Crippen molar-refractivity contribution in [3.8, 4) is 0 Å². The van der Waals surface area contributed by atoms with Gasteiger partial charge in [-0.1, -0.05) is 43.1 Å². The quantitative estimate of drug-likeness (QED) is 0.853. The van der Waals surface area contributed by atoms with Crippen molar-refractivity contribution in [2.75, 3.05) is 5.75 Å². The van der Waals surface area contributed by atoms with Crippen molar-refractivity contribution < 1.29 is 4.52 Å². The first-order chi connectivity index (χ1) is 10.2. The van der Waals surface area contributed by atoms with Gasteiger partial charge in [0.05, 0.1) is 5.54 Å². The standard InChI is InChI=1S/C16H21N3OS/c1-12(11-21-13-7-3-2-4-8-13)14-18-15(19-20-14)16(17)9-5-6-10-16/h2-4,7-8,12H,5-6,9-11,17H2,1H3. The number of nitrogens with zero attached hydrogens (tertiary/aromatic N) is 2. The van der Waals surface area contributed by atoms with Gasteiger partial charge >= 0.3 is 0 Å². The second-order valence-electron chi connectivity index (χ2n) is 5.84. The maximum atomic E-state index is 6.37. The first-order valence-corrected chi connectivity index (χ1v) is 8.47. The minimum atomic E-state index is -0.367. The fraction of sp³-hybridized carbons (Fsp3) is 0.500. The number of benzene rings is 1. The van der Waals surface area contributed by atoms with Gasteiger partial charge in [0, 0.05) is 16.6 Å². The highest BCUT2D eigenvalue weighted by molar-refractivity contribution is 7.99. The highest BCUT2D eigenvalue weighted by atomic mass is 32.2. The monoisotopic (exact) mass is 303 g/mol. The minimum Gasteiger partial charge on any atom is -0.339 e. The van der Waals surface area contributed by atoms with Crippen LogP contribution in [0.5, 0.6) is 0 Å². The summed E-state index contributed by atoms with van der Waals surface area (Å²) in [6, 6.07) is 10.4. The molecule has 0 saturated heterocycles. The molecule has 1 unspecified atom stereocenters. The Morgan fingerprint density at radius 2 is 2.00 bits per heavy atom. The molecule has 0 radical (unpaired) electrons. The summed E-state index contributed by atoms with van der Waals surface area (Å²) in [5.74, 6) is 2.53. The average Bonchev–Trinajstić information content (AvgIpc) is 3.16. The lowest BCUT2D eigenvalue weighted by molar-refractivity contribution is 0.341. The molecule has 1 fully saturated rings. The fourth-order valence-electron chi connectivity index (χ4n) is 2.68. The second kappa shape index (κ2) is 6.20. The minimum absolute atomic E-state index is 0.224. The Hall–Kier alpha value is -1.33. The van der Waals surface area contributed by atoms with Crippen LogP contribution in [0.15, 0.2) is 39.8 Å². The number of thioether (sulfide) groups is 1. The number of hydrogen-bond acceptors (Lipinski definition) is 5. The third kappa shape index (κ3) is 3.30. The van der Waals surface area contributed by atoms with Crippen LogP contribution >= 0.6 is 11.8 Å². The zero-order chi connectivity index (χ0) is 14.7. The third-order valence-electron chi connectivity index (χ3n) is 4.05. The van der Waals surface area contributed by atoms with E-state index in [2.05, 4.69) is 41.3 Å². The van der Waals surface area contributed by atoms with Crippen molar-refractivity contribution in [3.63, 3.8) is 0 Å². The van der Waals surface area contributed by atoms with Crippen molar-refractivity contribution in [2.45, 2.75) is 49.0 Å². The Balaban J connectivity index is 1.63. The number of nitrogens with two attached hydrogens (primary N) is 1. The molecule has 0 amide bonds. The fourth-order valence-corrected chi connectivity index (χ4v) is 3.61. The molecule has 1 heterocycles. The molecule has 1 saturated carbocycles. The highest BCUT2D eigenvalue weighted by Gasteiger charge is 2.36. The predicted molar refractivity (Wildman–Crippen MR) is 84.2 cm³/mol. The first-order valence-electron chi connectivity index (χ1n) is 7.48. The molecule has 1 aromatic carbocycles. The van der Waals surface area contributed by atoms with E-state index in [-0.39, 0.29) is 11.5 Å². The number of hydrogen-bond donors (Lipinski definition) is 1. The summed E-state index contributed by atoms with van der Waals surface area (Å²) in [5, 5.41) is 4.13. The summed E-state index contributed by atoms with van der Waals surface area (Å²) in [4.78, 5) is 5.82. The Kier molecular flexibility index (Phi) is 4.31. The Morgan fingerprint density at radius 1 is 1.29 bits per heavy atom. The van der Waals surface area contributed by atoms with Crippen LogP contribution in [0.2, 0.25) is 0 Å². The van der Waals surface area contributed by atoms with E-state index in [1.54, 1.807) is 11.8 Å². The van der Waals surface area contributed by atoms with Crippen molar-refractivity contribution in [3.05, 3.63) is 42.0 Å². The van der Waals surface area contributed by atoms with Crippen molar-refractivity contribution in [1.82, 2.24) is 10.1 Å². The van der Waals surface area contributed by atoms with Gasteiger partial charge in [-0.05, 0) is 25.0 Å². The van der Waals surface area contributed by atoms with Gasteiger partial charge in [0.25, 0.3) is 0 Å². The summed E-state index contributed by atoms with van der Waals surface area (Å²) >= 11 is 1.80. The van der Waals surface area contributed by atoms with E-state index >= 15 is 0 Å². The summed E-state index contributed by atoms with van der Waals surface area (Å²) < 4.78 is 5.44. The van der Waals surface area contributed by atoms with Crippen molar-refractivity contribution in [2.24, 2.45) is 5.73 Å². The largest absolute Gasteiger partial charge is 0.339 e. The highest BCUT2D eigenvalue weighted by Crippen LogP contribution is 2.35. The smallest absolute Gasteiger partial charge is 0.230 e. The van der Waals surface area contributed by atoms with Gasteiger partial charge in [-0.15, -0.1) is 11.8 Å². The summed E-state index contributed by atoms with van der Waals surface area (Å²) in [7, 11) is 0. The zero-order valence-electron chi connectivity index (χ0n) is 12.3. The normalized spacial score (nSPS) is 18.8.